The number of nitro benzene ring substituents is 1. The number of amides is 1. The molecule has 0 saturated heterocycles. The third-order valence-corrected chi connectivity index (χ3v) is 3.31. The van der Waals surface area contributed by atoms with Gasteiger partial charge in [0.2, 0.25) is 0 Å². The van der Waals surface area contributed by atoms with Crippen LogP contribution in [0.4, 0.5) is 5.69 Å². The van der Waals surface area contributed by atoms with Crippen LogP contribution in [-0.4, -0.2) is 38.4 Å². The fourth-order valence-electron chi connectivity index (χ4n) is 1.83. The average molecular weight is 393 g/mol. The van der Waals surface area contributed by atoms with Crippen molar-refractivity contribution in [2.75, 3.05) is 0 Å². The molecule has 0 aliphatic carbocycles. The molecule has 0 bridgehead atoms. The van der Waals surface area contributed by atoms with Gasteiger partial charge in [0.1, 0.15) is 11.7 Å². The highest BCUT2D eigenvalue weighted by atomic mass is 35.5. The topological polar surface area (TPSA) is 119 Å². The first-order valence-corrected chi connectivity index (χ1v) is 8.03. The van der Waals surface area contributed by atoms with E-state index in [0.29, 0.717) is 0 Å². The van der Waals surface area contributed by atoms with Gasteiger partial charge in [-0.15, -0.1) is 0 Å². The third kappa shape index (κ3) is 6.49. The number of aliphatic hydroxyl groups is 1. The number of aliphatic hydroxyl groups excluding tert-OH is 1. The summed E-state index contributed by atoms with van der Waals surface area (Å²) in [5.41, 5.74) is -0.880. The number of esters is 1. The highest BCUT2D eigenvalue weighted by Gasteiger charge is 2.34. The van der Waals surface area contributed by atoms with E-state index in [1.54, 1.807) is 20.8 Å². The Hall–Kier alpha value is -1.90. The number of hydrogen-bond donors (Lipinski definition) is 2. The Morgan fingerprint density at radius 1 is 1.24 bits per heavy atom. The lowest BCUT2D eigenvalue weighted by atomic mass is 10.0. The van der Waals surface area contributed by atoms with E-state index in [-0.39, 0.29) is 11.3 Å². The summed E-state index contributed by atoms with van der Waals surface area (Å²) in [6.07, 6.45) is -1.52. The second-order valence-corrected chi connectivity index (χ2v) is 7.21. The zero-order chi connectivity index (χ0) is 19.4. The summed E-state index contributed by atoms with van der Waals surface area (Å²) >= 11 is 10.9. The second-order valence-electron chi connectivity index (χ2n) is 6.11. The van der Waals surface area contributed by atoms with Gasteiger partial charge in [-0.1, -0.05) is 23.2 Å². The molecule has 1 amide bonds. The minimum Gasteiger partial charge on any atom is -0.458 e. The molecule has 2 atom stereocenters. The SMILES string of the molecule is CC(C)(C)OC(=O)[C@H](NC(=O)C(Cl)Cl)[C@@H](O)c1ccc([N+](=O)[O-])cc1. The number of rotatable bonds is 6. The van der Waals surface area contributed by atoms with Crippen LogP contribution < -0.4 is 5.32 Å². The Morgan fingerprint density at radius 3 is 2.16 bits per heavy atom. The molecule has 10 heteroatoms. The average Bonchev–Trinajstić information content (AvgIpc) is 2.49. The summed E-state index contributed by atoms with van der Waals surface area (Å²) < 4.78 is 5.18. The molecule has 0 spiro atoms. The number of non-ortho nitro benzene ring substituents is 1. The van der Waals surface area contributed by atoms with E-state index in [1.165, 1.54) is 24.3 Å². The largest absolute Gasteiger partial charge is 0.458 e. The molecule has 1 rings (SSSR count). The van der Waals surface area contributed by atoms with Crippen LogP contribution in [0, 0.1) is 10.1 Å². The zero-order valence-electron chi connectivity index (χ0n) is 13.7. The summed E-state index contributed by atoms with van der Waals surface area (Å²) in [6.45, 7) is 4.86. The predicted molar refractivity (Wildman–Crippen MR) is 91.3 cm³/mol. The number of nitrogens with zero attached hydrogens (tertiary/aromatic N) is 1. The quantitative estimate of drug-likeness (QED) is 0.331. The van der Waals surface area contributed by atoms with Gasteiger partial charge >= 0.3 is 5.97 Å². The smallest absolute Gasteiger partial charge is 0.332 e. The summed E-state index contributed by atoms with van der Waals surface area (Å²) in [7, 11) is 0. The van der Waals surface area contributed by atoms with Crippen molar-refractivity contribution in [2.24, 2.45) is 0 Å². The first-order chi connectivity index (χ1) is 11.4. The monoisotopic (exact) mass is 392 g/mol. The Morgan fingerprint density at radius 2 is 1.76 bits per heavy atom. The number of alkyl halides is 2. The first kappa shape index (κ1) is 21.1. The number of nitrogens with one attached hydrogen (secondary N) is 1. The third-order valence-electron chi connectivity index (χ3n) is 2.92. The Bertz CT molecular complexity index is 642. The first-order valence-electron chi connectivity index (χ1n) is 7.16. The van der Waals surface area contributed by atoms with Crippen molar-refractivity contribution in [3.63, 3.8) is 0 Å². The van der Waals surface area contributed by atoms with Crippen LogP contribution in [0.5, 0.6) is 0 Å². The van der Waals surface area contributed by atoms with E-state index in [9.17, 15) is 24.8 Å². The van der Waals surface area contributed by atoms with Gasteiger partial charge < -0.3 is 15.2 Å². The van der Waals surface area contributed by atoms with E-state index in [4.69, 9.17) is 27.9 Å². The predicted octanol–water partition coefficient (Wildman–Crippen LogP) is 2.26. The number of carbonyl (C=O) groups is 2. The molecular formula is C15H18Cl2N2O6. The summed E-state index contributed by atoms with van der Waals surface area (Å²) in [5, 5.41) is 23.3. The molecule has 0 heterocycles. The molecule has 2 N–H and O–H groups in total. The van der Waals surface area contributed by atoms with E-state index in [2.05, 4.69) is 5.32 Å². The second kappa shape index (κ2) is 8.46. The number of ether oxygens (including phenoxy) is 1. The molecular weight excluding hydrogens is 375 g/mol. The van der Waals surface area contributed by atoms with Crippen LogP contribution in [-0.2, 0) is 14.3 Å². The van der Waals surface area contributed by atoms with Gasteiger partial charge in [0, 0.05) is 12.1 Å². The zero-order valence-corrected chi connectivity index (χ0v) is 15.2. The van der Waals surface area contributed by atoms with E-state index >= 15 is 0 Å². The standard InChI is InChI=1S/C15H18Cl2N2O6/c1-15(2,3)25-14(22)10(18-13(21)12(16)17)11(20)8-4-6-9(7-5-8)19(23)24/h4-7,10-12,20H,1-3H3,(H,18,21)/t10-,11+/m1/s1. The van der Waals surface area contributed by atoms with Crippen LogP contribution in [0.3, 0.4) is 0 Å². The maximum Gasteiger partial charge on any atom is 0.332 e. The van der Waals surface area contributed by atoms with Gasteiger partial charge in [0.25, 0.3) is 11.6 Å². The van der Waals surface area contributed by atoms with Crippen LogP contribution in [0.2, 0.25) is 0 Å². The molecule has 0 aromatic heterocycles. The van der Waals surface area contributed by atoms with Gasteiger partial charge in [-0.05, 0) is 38.5 Å². The lowest BCUT2D eigenvalue weighted by Crippen LogP contribution is -2.49. The fraction of sp³-hybridized carbons (Fsp3) is 0.467. The van der Waals surface area contributed by atoms with E-state index in [0.717, 1.165) is 0 Å². The molecule has 0 aliphatic rings. The lowest BCUT2D eigenvalue weighted by molar-refractivity contribution is -0.384. The molecule has 0 unspecified atom stereocenters. The maximum atomic E-state index is 12.3. The van der Waals surface area contributed by atoms with Crippen LogP contribution >= 0.6 is 23.2 Å². The summed E-state index contributed by atoms with van der Waals surface area (Å²) in [4.78, 5) is 32.7. The van der Waals surface area contributed by atoms with Gasteiger partial charge in [0.15, 0.2) is 10.9 Å². The minimum absolute atomic E-state index is 0.169. The molecule has 25 heavy (non-hydrogen) atoms. The molecule has 1 aromatic carbocycles. The fourth-order valence-corrected chi connectivity index (χ4v) is 1.96. The maximum absolute atomic E-state index is 12.3. The number of benzene rings is 1. The van der Waals surface area contributed by atoms with Crippen molar-refractivity contribution in [3.05, 3.63) is 39.9 Å². The molecule has 138 valence electrons. The van der Waals surface area contributed by atoms with E-state index < -0.39 is 39.4 Å². The summed E-state index contributed by atoms with van der Waals surface area (Å²) in [5.74, 6) is -1.79. The molecule has 0 radical (unpaired) electrons. The van der Waals surface area contributed by atoms with Gasteiger partial charge in [-0.3, -0.25) is 14.9 Å². The van der Waals surface area contributed by atoms with Crippen molar-refractivity contribution in [3.8, 4) is 0 Å². The van der Waals surface area contributed by atoms with Crippen LogP contribution in [0.15, 0.2) is 24.3 Å². The normalized spacial score (nSPS) is 13.9. The van der Waals surface area contributed by atoms with Crippen LogP contribution in [0.25, 0.3) is 0 Å². The number of carbonyl (C=O) groups excluding carboxylic acids is 2. The van der Waals surface area contributed by atoms with E-state index in [1.807, 2.05) is 0 Å². The van der Waals surface area contributed by atoms with Gasteiger partial charge in [-0.2, -0.15) is 0 Å². The summed E-state index contributed by atoms with van der Waals surface area (Å²) in [6, 6.07) is 3.38. The number of nitro groups is 1. The van der Waals surface area contributed by atoms with Crippen LogP contribution in [0.1, 0.15) is 32.4 Å². The Balaban J connectivity index is 3.09. The molecule has 0 saturated carbocycles. The molecule has 8 nitrogen and oxygen atoms in total. The molecule has 1 aromatic rings. The number of halogens is 2. The highest BCUT2D eigenvalue weighted by molar-refractivity contribution is 6.53. The number of hydrogen-bond acceptors (Lipinski definition) is 6. The molecule has 0 aliphatic heterocycles. The highest BCUT2D eigenvalue weighted by Crippen LogP contribution is 2.23. The van der Waals surface area contributed by atoms with Crippen molar-refractivity contribution in [1.82, 2.24) is 5.32 Å². The van der Waals surface area contributed by atoms with Gasteiger partial charge in [0.05, 0.1) is 4.92 Å². The van der Waals surface area contributed by atoms with Crippen molar-refractivity contribution >= 4 is 40.8 Å². The van der Waals surface area contributed by atoms with Crippen molar-refractivity contribution < 1.29 is 24.4 Å². The Labute approximate surface area is 154 Å². The van der Waals surface area contributed by atoms with Gasteiger partial charge in [-0.25, -0.2) is 4.79 Å². The molecule has 0 fully saturated rings. The van der Waals surface area contributed by atoms with Crippen molar-refractivity contribution in [2.45, 2.75) is 43.4 Å². The Kier molecular flexibility index (Phi) is 7.16. The van der Waals surface area contributed by atoms with Crippen molar-refractivity contribution in [1.29, 1.82) is 0 Å². The minimum atomic E-state index is -1.52. The lowest BCUT2D eigenvalue weighted by Gasteiger charge is -2.27.